The molecule has 1 N–H and O–H groups in total. The van der Waals surface area contributed by atoms with Gasteiger partial charge in [0.25, 0.3) is 0 Å². The Labute approximate surface area is 169 Å². The molecule has 0 saturated carbocycles. The number of benzene rings is 1. The maximum absolute atomic E-state index is 13.1. The highest BCUT2D eigenvalue weighted by Gasteiger charge is 2.35. The summed E-state index contributed by atoms with van der Waals surface area (Å²) in [7, 11) is -3.52. The number of anilines is 1. The van der Waals surface area contributed by atoms with Crippen molar-refractivity contribution >= 4 is 21.6 Å². The molecule has 0 spiro atoms. The Bertz CT molecular complexity index is 746. The molecule has 0 bridgehead atoms. The molecule has 6 nitrogen and oxygen atoms in total. The van der Waals surface area contributed by atoms with Gasteiger partial charge in [-0.15, -0.1) is 0 Å². The molecule has 2 saturated heterocycles. The second-order valence-electron chi connectivity index (χ2n) is 8.23. The molecule has 1 aromatic rings. The van der Waals surface area contributed by atoms with Crippen molar-refractivity contribution in [2.75, 3.05) is 25.0 Å². The average Bonchev–Trinajstić information content (AvgIpc) is 2.90. The lowest BCUT2D eigenvalue weighted by Crippen LogP contribution is -2.47. The standard InChI is InChI=1S/C21H33N3O3S/c1-17-8-7-9-18(2)24(17)28(26,27)20-12-10-19(11-13-20)22-21(25)16-23-14-5-3-4-6-15-23/h10-13,17-18H,3-9,14-16H2,1-2H3,(H,22,25)/t17-,18+. The van der Waals surface area contributed by atoms with Gasteiger partial charge in [0.15, 0.2) is 0 Å². The maximum Gasteiger partial charge on any atom is 0.243 e. The van der Waals surface area contributed by atoms with Crippen LogP contribution >= 0.6 is 0 Å². The van der Waals surface area contributed by atoms with Gasteiger partial charge in [-0.25, -0.2) is 8.42 Å². The summed E-state index contributed by atoms with van der Waals surface area (Å²) < 4.78 is 27.8. The smallest absolute Gasteiger partial charge is 0.243 e. The third-order valence-corrected chi connectivity index (χ3v) is 8.03. The lowest BCUT2D eigenvalue weighted by molar-refractivity contribution is -0.117. The largest absolute Gasteiger partial charge is 0.325 e. The third kappa shape index (κ3) is 5.13. The zero-order valence-electron chi connectivity index (χ0n) is 17.1. The van der Waals surface area contributed by atoms with Crippen LogP contribution in [-0.4, -0.2) is 55.2 Å². The molecule has 7 heteroatoms. The van der Waals surface area contributed by atoms with E-state index in [4.69, 9.17) is 0 Å². The average molecular weight is 408 g/mol. The molecule has 2 atom stereocenters. The van der Waals surface area contributed by atoms with Crippen LogP contribution in [0.1, 0.15) is 58.8 Å². The van der Waals surface area contributed by atoms with Crippen LogP contribution in [0.5, 0.6) is 0 Å². The van der Waals surface area contributed by atoms with Crippen LogP contribution in [0, 0.1) is 0 Å². The molecular formula is C21H33N3O3S. The van der Waals surface area contributed by atoms with Gasteiger partial charge in [0.2, 0.25) is 15.9 Å². The molecule has 2 heterocycles. The zero-order chi connectivity index (χ0) is 20.1. The molecule has 156 valence electrons. The fourth-order valence-corrected chi connectivity index (χ4v) is 6.28. The Kier molecular flexibility index (Phi) is 7.12. The highest BCUT2D eigenvalue weighted by Crippen LogP contribution is 2.29. The number of nitrogens with one attached hydrogen (secondary N) is 1. The van der Waals surface area contributed by atoms with Crippen molar-refractivity contribution in [2.24, 2.45) is 0 Å². The maximum atomic E-state index is 13.1. The van der Waals surface area contributed by atoms with Crippen molar-refractivity contribution < 1.29 is 13.2 Å². The van der Waals surface area contributed by atoms with Crippen LogP contribution in [-0.2, 0) is 14.8 Å². The lowest BCUT2D eigenvalue weighted by Gasteiger charge is -2.37. The first-order chi connectivity index (χ1) is 13.4. The van der Waals surface area contributed by atoms with Crippen molar-refractivity contribution in [3.63, 3.8) is 0 Å². The van der Waals surface area contributed by atoms with Crippen LogP contribution in [0.2, 0.25) is 0 Å². The van der Waals surface area contributed by atoms with Gasteiger partial charge in [0.1, 0.15) is 0 Å². The van der Waals surface area contributed by atoms with Crippen molar-refractivity contribution in [3.05, 3.63) is 24.3 Å². The van der Waals surface area contributed by atoms with Crippen molar-refractivity contribution in [1.82, 2.24) is 9.21 Å². The molecule has 28 heavy (non-hydrogen) atoms. The predicted octanol–water partition coefficient (Wildman–Crippen LogP) is 3.45. The first-order valence-corrected chi connectivity index (χ1v) is 12.0. The minimum atomic E-state index is -3.52. The predicted molar refractivity (Wildman–Crippen MR) is 112 cm³/mol. The number of hydrogen-bond donors (Lipinski definition) is 1. The van der Waals surface area contributed by atoms with E-state index in [9.17, 15) is 13.2 Å². The van der Waals surface area contributed by atoms with Crippen molar-refractivity contribution in [2.45, 2.75) is 75.8 Å². The van der Waals surface area contributed by atoms with E-state index in [-0.39, 0.29) is 18.0 Å². The minimum absolute atomic E-state index is 0.0155. The van der Waals surface area contributed by atoms with E-state index in [0.29, 0.717) is 17.1 Å². The summed E-state index contributed by atoms with van der Waals surface area (Å²) in [4.78, 5) is 14.8. The number of rotatable bonds is 5. The number of piperidine rings is 1. The fraction of sp³-hybridized carbons (Fsp3) is 0.667. The van der Waals surface area contributed by atoms with Crippen molar-refractivity contribution in [1.29, 1.82) is 0 Å². The van der Waals surface area contributed by atoms with Crippen LogP contribution < -0.4 is 5.32 Å². The second-order valence-corrected chi connectivity index (χ2v) is 10.1. The zero-order valence-corrected chi connectivity index (χ0v) is 17.9. The molecule has 0 radical (unpaired) electrons. The quantitative estimate of drug-likeness (QED) is 0.812. The Balaban J connectivity index is 1.63. The Morgan fingerprint density at radius 1 is 0.964 bits per heavy atom. The summed E-state index contributed by atoms with van der Waals surface area (Å²) in [5.74, 6) is -0.0456. The monoisotopic (exact) mass is 407 g/mol. The van der Waals surface area contributed by atoms with Gasteiger partial charge < -0.3 is 5.32 Å². The molecule has 1 aromatic carbocycles. The number of nitrogens with zero attached hydrogens (tertiary/aromatic N) is 2. The van der Waals surface area contributed by atoms with Gasteiger partial charge in [-0.2, -0.15) is 4.31 Å². The van der Waals surface area contributed by atoms with E-state index in [0.717, 1.165) is 45.2 Å². The lowest BCUT2D eigenvalue weighted by atomic mass is 10.0. The topological polar surface area (TPSA) is 69.7 Å². The van der Waals surface area contributed by atoms with E-state index in [1.54, 1.807) is 28.6 Å². The number of carbonyl (C=O) groups is 1. The van der Waals surface area contributed by atoms with E-state index in [1.165, 1.54) is 12.8 Å². The van der Waals surface area contributed by atoms with Gasteiger partial charge in [-0.3, -0.25) is 9.69 Å². The van der Waals surface area contributed by atoms with E-state index < -0.39 is 10.0 Å². The van der Waals surface area contributed by atoms with Crippen LogP contribution in [0.25, 0.3) is 0 Å². The van der Waals surface area contributed by atoms with Crippen LogP contribution in [0.4, 0.5) is 5.69 Å². The number of carbonyl (C=O) groups excluding carboxylic acids is 1. The summed E-state index contributed by atoms with van der Waals surface area (Å²) in [5.41, 5.74) is 0.638. The van der Waals surface area contributed by atoms with Crippen molar-refractivity contribution in [3.8, 4) is 0 Å². The Morgan fingerprint density at radius 2 is 1.54 bits per heavy atom. The summed E-state index contributed by atoms with van der Waals surface area (Å²) in [6, 6.07) is 6.61. The third-order valence-electron chi connectivity index (χ3n) is 5.89. The molecule has 0 aliphatic carbocycles. The van der Waals surface area contributed by atoms with Crippen LogP contribution in [0.15, 0.2) is 29.2 Å². The second kappa shape index (κ2) is 9.37. The highest BCUT2D eigenvalue weighted by atomic mass is 32.2. The molecule has 2 aliphatic rings. The normalized spacial score (nSPS) is 25.2. The van der Waals surface area contributed by atoms with E-state index in [2.05, 4.69) is 10.2 Å². The molecule has 0 unspecified atom stereocenters. The number of sulfonamides is 1. The molecule has 2 aliphatic heterocycles. The minimum Gasteiger partial charge on any atom is -0.325 e. The molecule has 3 rings (SSSR count). The molecule has 0 aromatic heterocycles. The SMILES string of the molecule is C[C@@H]1CCC[C@H](C)N1S(=O)(=O)c1ccc(NC(=O)CN2CCCCCC2)cc1. The Hall–Kier alpha value is -1.44. The van der Waals surface area contributed by atoms with Gasteiger partial charge in [-0.05, 0) is 76.9 Å². The van der Waals surface area contributed by atoms with Gasteiger partial charge in [-0.1, -0.05) is 19.3 Å². The fourth-order valence-electron chi connectivity index (χ4n) is 4.40. The summed E-state index contributed by atoms with van der Waals surface area (Å²) >= 11 is 0. The number of hydrogen-bond acceptors (Lipinski definition) is 4. The van der Waals surface area contributed by atoms with Gasteiger partial charge in [0.05, 0.1) is 11.4 Å². The number of likely N-dealkylation sites (tertiary alicyclic amines) is 1. The molecule has 2 fully saturated rings. The summed E-state index contributed by atoms with van der Waals surface area (Å²) in [6.45, 7) is 6.28. The number of amides is 1. The Morgan fingerprint density at radius 3 is 2.11 bits per heavy atom. The summed E-state index contributed by atoms with van der Waals surface area (Å²) in [5, 5.41) is 2.90. The first-order valence-electron chi connectivity index (χ1n) is 10.5. The van der Waals surface area contributed by atoms with Gasteiger partial charge in [0, 0.05) is 17.8 Å². The summed E-state index contributed by atoms with van der Waals surface area (Å²) in [6.07, 6.45) is 7.63. The molecular weight excluding hydrogens is 374 g/mol. The molecule has 1 amide bonds. The van der Waals surface area contributed by atoms with E-state index >= 15 is 0 Å². The van der Waals surface area contributed by atoms with Crippen LogP contribution in [0.3, 0.4) is 0 Å². The highest BCUT2D eigenvalue weighted by molar-refractivity contribution is 7.89. The van der Waals surface area contributed by atoms with E-state index in [1.807, 2.05) is 13.8 Å². The van der Waals surface area contributed by atoms with Gasteiger partial charge >= 0.3 is 0 Å². The first kappa shape index (κ1) is 21.3.